The van der Waals surface area contributed by atoms with Gasteiger partial charge in [0.2, 0.25) is 0 Å². The van der Waals surface area contributed by atoms with E-state index in [4.69, 9.17) is 4.74 Å². The van der Waals surface area contributed by atoms with Gasteiger partial charge in [-0.25, -0.2) is 4.79 Å². The monoisotopic (exact) mass is 328 g/mol. The first-order valence-electron chi connectivity index (χ1n) is 8.71. The summed E-state index contributed by atoms with van der Waals surface area (Å²) in [6.07, 6.45) is 0.563. The summed E-state index contributed by atoms with van der Waals surface area (Å²) in [5.74, 6) is 0. The van der Waals surface area contributed by atoms with E-state index in [0.717, 1.165) is 45.7 Å². The third-order valence-electron chi connectivity index (χ3n) is 4.12. The average molecular weight is 329 g/mol. The van der Waals surface area contributed by atoms with Gasteiger partial charge in [0.15, 0.2) is 0 Å². The van der Waals surface area contributed by atoms with Gasteiger partial charge in [-0.15, -0.1) is 0 Å². The van der Waals surface area contributed by atoms with Crippen LogP contribution in [-0.4, -0.2) is 79.9 Å². The van der Waals surface area contributed by atoms with E-state index in [9.17, 15) is 4.79 Å². The molecule has 1 rings (SSSR count). The Morgan fingerprint density at radius 3 is 2.22 bits per heavy atom. The fraction of sp³-hybridized carbons (Fsp3) is 0.941. The summed E-state index contributed by atoms with van der Waals surface area (Å²) < 4.78 is 5.21. The number of rotatable bonds is 7. The van der Waals surface area contributed by atoms with Crippen molar-refractivity contribution in [3.8, 4) is 0 Å². The molecule has 0 atom stereocenters. The minimum absolute atomic E-state index is 0.167. The highest BCUT2D eigenvalue weighted by molar-refractivity contribution is 5.67. The maximum Gasteiger partial charge on any atom is 0.407 e. The van der Waals surface area contributed by atoms with Crippen LogP contribution in [0.3, 0.4) is 0 Å². The molecule has 1 heterocycles. The van der Waals surface area contributed by atoms with Gasteiger partial charge in [-0.3, -0.25) is 4.90 Å². The number of nitrogens with zero attached hydrogens (tertiary/aromatic N) is 2. The van der Waals surface area contributed by atoms with Gasteiger partial charge in [-0.2, -0.15) is 0 Å². The largest absolute Gasteiger partial charge is 0.444 e. The van der Waals surface area contributed by atoms with E-state index in [1.54, 1.807) is 0 Å². The molecule has 0 unspecified atom stereocenters. The van der Waals surface area contributed by atoms with E-state index in [-0.39, 0.29) is 11.6 Å². The predicted molar refractivity (Wildman–Crippen MR) is 94.9 cm³/mol. The molecule has 0 spiro atoms. The highest BCUT2D eigenvalue weighted by Crippen LogP contribution is 2.15. The average Bonchev–Trinajstić information content (AvgIpc) is 2.41. The molecular weight excluding hydrogens is 292 g/mol. The number of hydrogen-bond donors (Lipinski definition) is 2. The Hall–Kier alpha value is -0.850. The van der Waals surface area contributed by atoms with Gasteiger partial charge >= 0.3 is 6.09 Å². The van der Waals surface area contributed by atoms with Crippen molar-refractivity contribution < 1.29 is 9.53 Å². The van der Waals surface area contributed by atoms with E-state index in [1.807, 2.05) is 20.8 Å². The zero-order valence-corrected chi connectivity index (χ0v) is 15.9. The van der Waals surface area contributed by atoms with Crippen molar-refractivity contribution in [2.75, 3.05) is 52.9 Å². The standard InChI is InChI=1S/C17H36N4O2/c1-16(2,3)23-15(22)19-9-7-8-18-14-17(4,5)21-12-10-20(6)11-13-21/h18H,7-14H2,1-6H3,(H,19,22). The number of ether oxygens (including phenoxy) is 1. The summed E-state index contributed by atoms with van der Waals surface area (Å²) in [6, 6.07) is 0. The summed E-state index contributed by atoms with van der Waals surface area (Å²) in [4.78, 5) is 16.5. The molecule has 0 aromatic rings. The Morgan fingerprint density at radius 2 is 1.65 bits per heavy atom. The van der Waals surface area contributed by atoms with Crippen LogP contribution in [0.15, 0.2) is 0 Å². The molecule has 1 saturated heterocycles. The van der Waals surface area contributed by atoms with Gasteiger partial charge in [-0.05, 0) is 54.6 Å². The van der Waals surface area contributed by atoms with Crippen LogP contribution in [-0.2, 0) is 4.74 Å². The SMILES string of the molecule is CN1CCN(C(C)(C)CNCCCNC(=O)OC(C)(C)C)CC1. The van der Waals surface area contributed by atoms with Crippen LogP contribution in [0, 0.1) is 0 Å². The number of likely N-dealkylation sites (N-methyl/N-ethyl adjacent to an activating group) is 1. The van der Waals surface area contributed by atoms with Crippen LogP contribution in [0.1, 0.15) is 41.0 Å². The van der Waals surface area contributed by atoms with Gasteiger partial charge in [0, 0.05) is 44.8 Å². The third kappa shape index (κ3) is 8.53. The maximum atomic E-state index is 11.5. The molecule has 0 radical (unpaired) electrons. The van der Waals surface area contributed by atoms with E-state index < -0.39 is 5.60 Å². The van der Waals surface area contributed by atoms with E-state index in [1.165, 1.54) is 0 Å². The van der Waals surface area contributed by atoms with Crippen molar-refractivity contribution in [2.24, 2.45) is 0 Å². The molecule has 1 fully saturated rings. The highest BCUT2D eigenvalue weighted by Gasteiger charge is 2.28. The lowest BCUT2D eigenvalue weighted by atomic mass is 10.0. The number of piperazine rings is 1. The van der Waals surface area contributed by atoms with Gasteiger partial charge < -0.3 is 20.3 Å². The summed E-state index contributed by atoms with van der Waals surface area (Å²) in [5, 5.41) is 6.30. The third-order valence-corrected chi connectivity index (χ3v) is 4.12. The molecule has 0 aromatic heterocycles. The zero-order valence-electron chi connectivity index (χ0n) is 15.9. The zero-order chi connectivity index (χ0) is 17.5. The summed E-state index contributed by atoms with van der Waals surface area (Å²) in [5.41, 5.74) is -0.269. The molecule has 23 heavy (non-hydrogen) atoms. The molecule has 0 bridgehead atoms. The van der Waals surface area contributed by atoms with E-state index in [0.29, 0.717) is 6.54 Å². The minimum atomic E-state index is -0.436. The van der Waals surface area contributed by atoms with Crippen LogP contribution in [0.5, 0.6) is 0 Å². The second-order valence-electron chi connectivity index (χ2n) is 8.06. The number of alkyl carbamates (subject to hydrolysis) is 1. The van der Waals surface area contributed by atoms with E-state index >= 15 is 0 Å². The maximum absolute atomic E-state index is 11.5. The number of carbonyl (C=O) groups excluding carboxylic acids is 1. The molecule has 1 aliphatic heterocycles. The Labute approximate surface area is 141 Å². The van der Waals surface area contributed by atoms with Crippen molar-refractivity contribution in [1.29, 1.82) is 0 Å². The molecule has 0 aliphatic carbocycles. The first-order valence-corrected chi connectivity index (χ1v) is 8.71. The van der Waals surface area contributed by atoms with Gasteiger partial charge in [0.05, 0.1) is 0 Å². The first-order chi connectivity index (χ1) is 10.6. The van der Waals surface area contributed by atoms with E-state index in [2.05, 4.69) is 41.3 Å². The number of hydrogen-bond acceptors (Lipinski definition) is 5. The second kappa shape index (κ2) is 8.85. The van der Waals surface area contributed by atoms with Crippen molar-refractivity contribution in [3.05, 3.63) is 0 Å². The molecule has 0 saturated carbocycles. The predicted octanol–water partition coefficient (Wildman–Crippen LogP) is 1.52. The topological polar surface area (TPSA) is 56.8 Å². The molecular formula is C17H36N4O2. The lowest BCUT2D eigenvalue weighted by Crippen LogP contribution is -2.57. The normalized spacial score (nSPS) is 18.0. The summed E-state index contributed by atoms with van der Waals surface area (Å²) in [7, 11) is 2.18. The molecule has 2 N–H and O–H groups in total. The van der Waals surface area contributed by atoms with Gasteiger partial charge in [0.25, 0.3) is 0 Å². The fourth-order valence-electron chi connectivity index (χ4n) is 2.64. The lowest BCUT2D eigenvalue weighted by Gasteiger charge is -2.43. The Kier molecular flexibility index (Phi) is 7.77. The molecule has 0 aromatic carbocycles. The molecule has 136 valence electrons. The fourth-order valence-corrected chi connectivity index (χ4v) is 2.64. The Morgan fingerprint density at radius 1 is 1.04 bits per heavy atom. The second-order valence-corrected chi connectivity index (χ2v) is 8.06. The van der Waals surface area contributed by atoms with Crippen LogP contribution in [0.2, 0.25) is 0 Å². The van der Waals surface area contributed by atoms with Crippen LogP contribution < -0.4 is 10.6 Å². The quantitative estimate of drug-likeness (QED) is 0.694. The molecule has 6 heteroatoms. The number of amides is 1. The molecule has 1 amide bonds. The van der Waals surface area contributed by atoms with Crippen LogP contribution in [0.25, 0.3) is 0 Å². The van der Waals surface area contributed by atoms with Crippen molar-refractivity contribution in [3.63, 3.8) is 0 Å². The molecule has 1 aliphatic rings. The van der Waals surface area contributed by atoms with Crippen molar-refractivity contribution >= 4 is 6.09 Å². The van der Waals surface area contributed by atoms with Crippen LogP contribution >= 0.6 is 0 Å². The minimum Gasteiger partial charge on any atom is -0.444 e. The lowest BCUT2D eigenvalue weighted by molar-refractivity contribution is 0.0525. The Bertz CT molecular complexity index is 358. The smallest absolute Gasteiger partial charge is 0.407 e. The van der Waals surface area contributed by atoms with Crippen LogP contribution in [0.4, 0.5) is 4.79 Å². The number of nitrogens with one attached hydrogen (secondary N) is 2. The van der Waals surface area contributed by atoms with Crippen molar-refractivity contribution in [2.45, 2.75) is 52.2 Å². The van der Waals surface area contributed by atoms with Crippen molar-refractivity contribution in [1.82, 2.24) is 20.4 Å². The van der Waals surface area contributed by atoms with Gasteiger partial charge in [-0.1, -0.05) is 0 Å². The summed E-state index contributed by atoms with van der Waals surface area (Å²) >= 11 is 0. The molecule has 6 nitrogen and oxygen atoms in total. The Balaban J connectivity index is 2.11. The van der Waals surface area contributed by atoms with Gasteiger partial charge in [0.1, 0.15) is 5.60 Å². The summed E-state index contributed by atoms with van der Waals surface area (Å²) in [6.45, 7) is 17.2. The highest BCUT2D eigenvalue weighted by atomic mass is 16.6. The first kappa shape index (κ1) is 20.2. The number of carbonyl (C=O) groups is 1.